The zero-order valence-electron chi connectivity index (χ0n) is 10.4. The Morgan fingerprint density at radius 1 is 1.21 bits per heavy atom. The highest BCUT2D eigenvalue weighted by atomic mass is 35.5. The van der Waals surface area contributed by atoms with Gasteiger partial charge in [-0.25, -0.2) is 0 Å². The molecule has 0 aromatic heterocycles. The van der Waals surface area contributed by atoms with Crippen LogP contribution in [0.4, 0.5) is 5.69 Å². The van der Waals surface area contributed by atoms with Gasteiger partial charge in [-0.15, -0.1) is 0 Å². The normalized spacial score (nSPS) is 10.1. The number of benzene rings is 2. The van der Waals surface area contributed by atoms with Crippen molar-refractivity contribution in [1.82, 2.24) is 0 Å². The van der Waals surface area contributed by atoms with Crippen LogP contribution in [0.15, 0.2) is 42.5 Å². The summed E-state index contributed by atoms with van der Waals surface area (Å²) in [4.78, 5) is 12.2. The Morgan fingerprint density at radius 3 is 2.53 bits per heavy atom. The first-order chi connectivity index (χ1) is 9.10. The van der Waals surface area contributed by atoms with E-state index in [0.717, 1.165) is 5.56 Å². The van der Waals surface area contributed by atoms with E-state index in [0.29, 0.717) is 22.0 Å². The van der Waals surface area contributed by atoms with Gasteiger partial charge in [-0.2, -0.15) is 0 Å². The lowest BCUT2D eigenvalue weighted by molar-refractivity contribution is 0.102. The zero-order valence-corrected chi connectivity index (χ0v) is 11.2. The molecule has 3 nitrogen and oxygen atoms in total. The molecule has 1 amide bonds. The molecule has 1 N–H and O–H groups in total. The molecule has 19 heavy (non-hydrogen) atoms. The summed E-state index contributed by atoms with van der Waals surface area (Å²) in [5, 5.41) is 3.27. The molecule has 0 saturated carbocycles. The fraction of sp³-hybridized carbons (Fsp3) is 0.0667. The van der Waals surface area contributed by atoms with E-state index in [4.69, 9.17) is 16.3 Å². The van der Waals surface area contributed by atoms with Gasteiger partial charge in [-0.1, -0.05) is 23.7 Å². The van der Waals surface area contributed by atoms with E-state index in [2.05, 4.69) is 12.2 Å². The van der Waals surface area contributed by atoms with Gasteiger partial charge >= 0.3 is 0 Å². The number of amides is 1. The van der Waals surface area contributed by atoms with Crippen molar-refractivity contribution in [2.75, 3.05) is 12.4 Å². The second-order valence-corrected chi connectivity index (χ2v) is 4.43. The van der Waals surface area contributed by atoms with Crippen LogP contribution in [0.5, 0.6) is 5.75 Å². The van der Waals surface area contributed by atoms with Crippen molar-refractivity contribution in [3.05, 3.63) is 65.5 Å². The summed E-state index contributed by atoms with van der Waals surface area (Å²) < 4.78 is 5.15. The van der Waals surface area contributed by atoms with Crippen molar-refractivity contribution >= 4 is 23.2 Å². The Balaban J connectivity index is 2.24. The molecule has 0 saturated heterocycles. The predicted octanol–water partition coefficient (Wildman–Crippen LogP) is 3.78. The highest BCUT2D eigenvalue weighted by molar-refractivity contribution is 6.31. The second kappa shape index (κ2) is 5.76. The van der Waals surface area contributed by atoms with Gasteiger partial charge in [0.15, 0.2) is 0 Å². The van der Waals surface area contributed by atoms with Crippen molar-refractivity contribution in [1.29, 1.82) is 0 Å². The van der Waals surface area contributed by atoms with Gasteiger partial charge in [0.25, 0.3) is 5.91 Å². The van der Waals surface area contributed by atoms with Gasteiger partial charge in [0.2, 0.25) is 0 Å². The number of carbonyl (C=O) groups excluding carboxylic acids is 1. The van der Waals surface area contributed by atoms with Crippen molar-refractivity contribution < 1.29 is 9.53 Å². The highest BCUT2D eigenvalue weighted by Gasteiger charge is 2.13. The van der Waals surface area contributed by atoms with Gasteiger partial charge in [0, 0.05) is 10.7 Å². The molecule has 97 valence electrons. The topological polar surface area (TPSA) is 38.3 Å². The molecule has 4 heteroatoms. The van der Waals surface area contributed by atoms with E-state index in [1.54, 1.807) is 30.3 Å². The zero-order chi connectivity index (χ0) is 13.8. The predicted molar refractivity (Wildman–Crippen MR) is 76.9 cm³/mol. The summed E-state index contributed by atoms with van der Waals surface area (Å²) in [5.41, 5.74) is 1.98. The van der Waals surface area contributed by atoms with Crippen LogP contribution in [0.1, 0.15) is 15.9 Å². The maximum Gasteiger partial charge on any atom is 0.259 e. The average molecular weight is 275 g/mol. The summed E-state index contributed by atoms with van der Waals surface area (Å²) in [5.74, 6) is 0.215. The van der Waals surface area contributed by atoms with Crippen LogP contribution >= 0.6 is 11.6 Å². The number of hydrogen-bond acceptors (Lipinski definition) is 2. The first-order valence-electron chi connectivity index (χ1n) is 5.67. The van der Waals surface area contributed by atoms with Crippen molar-refractivity contribution in [2.24, 2.45) is 0 Å². The van der Waals surface area contributed by atoms with E-state index in [-0.39, 0.29) is 5.91 Å². The highest BCUT2D eigenvalue weighted by Crippen LogP contribution is 2.23. The van der Waals surface area contributed by atoms with Gasteiger partial charge in [0.05, 0.1) is 12.7 Å². The third kappa shape index (κ3) is 3.26. The van der Waals surface area contributed by atoms with E-state index < -0.39 is 0 Å². The molecule has 0 fully saturated rings. The van der Waals surface area contributed by atoms with Gasteiger partial charge in [-0.05, 0) is 42.8 Å². The van der Waals surface area contributed by atoms with E-state index >= 15 is 0 Å². The standard InChI is InChI=1S/C15H13ClNO2/c1-10-3-6-12(7-4-10)17-15(18)13-9-11(16)5-8-14(13)19-2/h3-9H,1H2,2H3,(H,17,18). The van der Waals surface area contributed by atoms with Crippen LogP contribution in [0, 0.1) is 6.92 Å². The minimum absolute atomic E-state index is 0.267. The molecule has 0 aliphatic carbocycles. The third-order valence-electron chi connectivity index (χ3n) is 2.62. The van der Waals surface area contributed by atoms with Crippen LogP contribution in [0.2, 0.25) is 5.02 Å². The summed E-state index contributed by atoms with van der Waals surface area (Å²) in [6, 6.07) is 12.1. The lowest BCUT2D eigenvalue weighted by Crippen LogP contribution is -2.13. The number of rotatable bonds is 3. The monoisotopic (exact) mass is 274 g/mol. The van der Waals surface area contributed by atoms with E-state index in [1.807, 2.05) is 12.1 Å². The maximum atomic E-state index is 12.2. The number of hydrogen-bond donors (Lipinski definition) is 1. The van der Waals surface area contributed by atoms with Crippen molar-refractivity contribution in [2.45, 2.75) is 0 Å². The van der Waals surface area contributed by atoms with Crippen LogP contribution in [0.3, 0.4) is 0 Å². The Kier molecular flexibility index (Phi) is 4.07. The second-order valence-electron chi connectivity index (χ2n) is 4.00. The Labute approximate surface area is 117 Å². The Morgan fingerprint density at radius 2 is 1.89 bits per heavy atom. The number of nitrogens with one attached hydrogen (secondary N) is 1. The minimum Gasteiger partial charge on any atom is -0.496 e. The fourth-order valence-electron chi connectivity index (χ4n) is 1.64. The maximum absolute atomic E-state index is 12.2. The van der Waals surface area contributed by atoms with Crippen molar-refractivity contribution in [3.8, 4) is 5.75 Å². The molecular formula is C15H13ClNO2. The Bertz CT molecular complexity index is 594. The fourth-order valence-corrected chi connectivity index (χ4v) is 1.82. The van der Waals surface area contributed by atoms with E-state index in [1.165, 1.54) is 7.11 Å². The van der Waals surface area contributed by atoms with Crippen LogP contribution in [-0.2, 0) is 0 Å². The largest absolute Gasteiger partial charge is 0.496 e. The smallest absolute Gasteiger partial charge is 0.259 e. The third-order valence-corrected chi connectivity index (χ3v) is 2.85. The summed E-state index contributed by atoms with van der Waals surface area (Å²) in [6.45, 7) is 3.79. The molecule has 0 aliphatic heterocycles. The lowest BCUT2D eigenvalue weighted by Gasteiger charge is -2.10. The number of ether oxygens (including phenoxy) is 1. The van der Waals surface area contributed by atoms with Crippen LogP contribution in [-0.4, -0.2) is 13.0 Å². The molecular weight excluding hydrogens is 262 g/mol. The molecule has 0 atom stereocenters. The minimum atomic E-state index is -0.267. The van der Waals surface area contributed by atoms with Crippen LogP contribution < -0.4 is 10.1 Å². The molecule has 0 unspecified atom stereocenters. The first kappa shape index (κ1) is 13.4. The van der Waals surface area contributed by atoms with E-state index in [9.17, 15) is 4.79 Å². The Hall–Kier alpha value is -2.00. The SMILES string of the molecule is [CH2]c1ccc(NC(=O)c2cc(Cl)ccc2OC)cc1. The van der Waals surface area contributed by atoms with Gasteiger partial charge in [-0.3, -0.25) is 4.79 Å². The van der Waals surface area contributed by atoms with Gasteiger partial charge in [0.1, 0.15) is 5.75 Å². The van der Waals surface area contributed by atoms with Crippen LogP contribution in [0.25, 0.3) is 0 Å². The average Bonchev–Trinajstić information content (AvgIpc) is 2.41. The number of halogens is 1. The summed E-state index contributed by atoms with van der Waals surface area (Å²) in [6.07, 6.45) is 0. The molecule has 2 aromatic carbocycles. The summed E-state index contributed by atoms with van der Waals surface area (Å²) >= 11 is 5.90. The number of methoxy groups -OCH3 is 1. The number of carbonyl (C=O) groups is 1. The molecule has 0 spiro atoms. The quantitative estimate of drug-likeness (QED) is 0.925. The molecule has 0 bridgehead atoms. The number of anilines is 1. The van der Waals surface area contributed by atoms with Crippen molar-refractivity contribution in [3.63, 3.8) is 0 Å². The molecule has 0 heterocycles. The first-order valence-corrected chi connectivity index (χ1v) is 6.05. The molecule has 1 radical (unpaired) electrons. The summed E-state index contributed by atoms with van der Waals surface area (Å²) in [7, 11) is 1.51. The molecule has 2 rings (SSSR count). The van der Waals surface area contributed by atoms with Gasteiger partial charge < -0.3 is 10.1 Å². The molecule has 2 aromatic rings. The molecule has 0 aliphatic rings. The lowest BCUT2D eigenvalue weighted by atomic mass is 10.1.